The highest BCUT2D eigenvalue weighted by Gasteiger charge is 2.19. The molecule has 1 unspecified atom stereocenters. The van der Waals surface area contributed by atoms with E-state index in [-0.39, 0.29) is 11.0 Å². The number of nitrogens with one attached hydrogen (secondary N) is 1. The molecule has 6 heteroatoms. The van der Waals surface area contributed by atoms with Gasteiger partial charge in [0.25, 0.3) is 5.91 Å². The van der Waals surface area contributed by atoms with Crippen molar-refractivity contribution in [2.45, 2.75) is 26.8 Å². The lowest BCUT2D eigenvalue weighted by atomic mass is 9.95. The van der Waals surface area contributed by atoms with Crippen LogP contribution in [0.5, 0.6) is 11.5 Å². The number of hydrogen-bond donors (Lipinski definition) is 2. The van der Waals surface area contributed by atoms with Gasteiger partial charge in [-0.3, -0.25) is 9.78 Å². The van der Waals surface area contributed by atoms with Gasteiger partial charge in [0.2, 0.25) is 0 Å². The summed E-state index contributed by atoms with van der Waals surface area (Å²) in [6.07, 6.45) is 6.06. The number of hydrogen-bond acceptors (Lipinski definition) is 4. The van der Waals surface area contributed by atoms with Gasteiger partial charge in [0.15, 0.2) is 0 Å². The van der Waals surface area contributed by atoms with E-state index in [0.29, 0.717) is 11.5 Å². The standard InChI is InChI=1S/C20H22N2O4/c1-20(2,3)10-9-17(19(24)25)22-18(23)14-11-16(13-21-12-14)26-15-7-5-4-6-8-15/h4-13,17H,1-3H3,(H,22,23)(H,24,25)/b10-9+. The Bertz CT molecular complexity index is 795. The van der Waals surface area contributed by atoms with Gasteiger partial charge in [0, 0.05) is 6.20 Å². The zero-order valence-corrected chi connectivity index (χ0v) is 15.0. The molecule has 0 saturated carbocycles. The maximum Gasteiger partial charge on any atom is 0.330 e. The van der Waals surface area contributed by atoms with Crippen LogP contribution < -0.4 is 10.1 Å². The van der Waals surface area contributed by atoms with Gasteiger partial charge in [-0.15, -0.1) is 0 Å². The Labute approximate surface area is 152 Å². The first-order chi connectivity index (χ1) is 12.2. The van der Waals surface area contributed by atoms with Crippen LogP contribution in [0.1, 0.15) is 31.1 Å². The second-order valence-corrected chi connectivity index (χ2v) is 6.84. The highest BCUT2D eigenvalue weighted by molar-refractivity contribution is 5.97. The van der Waals surface area contributed by atoms with E-state index in [0.717, 1.165) is 0 Å². The first-order valence-corrected chi connectivity index (χ1v) is 8.15. The fraction of sp³-hybridized carbons (Fsp3) is 0.250. The highest BCUT2D eigenvalue weighted by Crippen LogP contribution is 2.21. The summed E-state index contributed by atoms with van der Waals surface area (Å²) in [7, 11) is 0. The van der Waals surface area contributed by atoms with Crippen LogP contribution in [0.2, 0.25) is 0 Å². The Hall–Kier alpha value is -3.15. The number of nitrogens with zero attached hydrogens (tertiary/aromatic N) is 1. The van der Waals surface area contributed by atoms with Crippen LogP contribution in [-0.2, 0) is 4.79 Å². The van der Waals surface area contributed by atoms with Crippen LogP contribution in [0.3, 0.4) is 0 Å². The van der Waals surface area contributed by atoms with Crippen molar-refractivity contribution in [2.75, 3.05) is 0 Å². The minimum atomic E-state index is -1.14. The number of carboxylic acid groups (broad SMARTS) is 1. The van der Waals surface area contributed by atoms with Crippen molar-refractivity contribution in [3.05, 3.63) is 66.5 Å². The Kier molecular flexibility index (Phi) is 6.11. The van der Waals surface area contributed by atoms with Crippen molar-refractivity contribution in [1.82, 2.24) is 10.3 Å². The zero-order chi connectivity index (χ0) is 19.2. The lowest BCUT2D eigenvalue weighted by molar-refractivity contribution is -0.137. The number of pyridine rings is 1. The average molecular weight is 354 g/mol. The number of amides is 1. The molecule has 2 aromatic rings. The zero-order valence-electron chi connectivity index (χ0n) is 15.0. The van der Waals surface area contributed by atoms with E-state index >= 15 is 0 Å². The highest BCUT2D eigenvalue weighted by atomic mass is 16.5. The van der Waals surface area contributed by atoms with Crippen LogP contribution in [0.15, 0.2) is 60.9 Å². The molecule has 136 valence electrons. The van der Waals surface area contributed by atoms with E-state index in [2.05, 4.69) is 10.3 Å². The second kappa shape index (κ2) is 8.29. The van der Waals surface area contributed by atoms with Crippen LogP contribution in [0.25, 0.3) is 0 Å². The van der Waals surface area contributed by atoms with Gasteiger partial charge in [-0.05, 0) is 23.6 Å². The maximum atomic E-state index is 12.4. The number of allylic oxidation sites excluding steroid dienone is 1. The molecule has 6 nitrogen and oxygen atoms in total. The fourth-order valence-corrected chi connectivity index (χ4v) is 2.03. The molecule has 0 saturated heterocycles. The molecule has 0 aliphatic rings. The number of aromatic nitrogens is 1. The maximum absolute atomic E-state index is 12.4. The number of carbonyl (C=O) groups is 2. The molecule has 1 atom stereocenters. The molecule has 2 N–H and O–H groups in total. The molecule has 0 spiro atoms. The number of para-hydroxylation sites is 1. The minimum Gasteiger partial charge on any atom is -0.479 e. The topological polar surface area (TPSA) is 88.5 Å². The van der Waals surface area contributed by atoms with Crippen molar-refractivity contribution in [3.63, 3.8) is 0 Å². The van der Waals surface area contributed by atoms with Crippen molar-refractivity contribution >= 4 is 11.9 Å². The summed E-state index contributed by atoms with van der Waals surface area (Å²) in [5.74, 6) is -0.671. The van der Waals surface area contributed by atoms with Gasteiger partial charge in [-0.1, -0.05) is 51.1 Å². The Morgan fingerprint density at radius 1 is 1.15 bits per heavy atom. The molecule has 0 fully saturated rings. The molecular formula is C20H22N2O4. The van der Waals surface area contributed by atoms with Crippen molar-refractivity contribution in [3.8, 4) is 11.5 Å². The van der Waals surface area contributed by atoms with Crippen molar-refractivity contribution in [1.29, 1.82) is 0 Å². The van der Waals surface area contributed by atoms with E-state index < -0.39 is 17.9 Å². The van der Waals surface area contributed by atoms with E-state index in [9.17, 15) is 14.7 Å². The lowest BCUT2D eigenvalue weighted by Crippen LogP contribution is -2.39. The van der Waals surface area contributed by atoms with Gasteiger partial charge in [0.1, 0.15) is 17.5 Å². The van der Waals surface area contributed by atoms with E-state index in [1.54, 1.807) is 18.2 Å². The fourth-order valence-electron chi connectivity index (χ4n) is 2.03. The summed E-state index contributed by atoms with van der Waals surface area (Å²) >= 11 is 0. The number of carboxylic acids is 1. The Balaban J connectivity index is 2.12. The number of ether oxygens (including phenoxy) is 1. The summed E-state index contributed by atoms with van der Waals surface area (Å²) in [4.78, 5) is 27.8. The molecule has 1 amide bonds. The van der Waals surface area contributed by atoms with Crippen LogP contribution in [-0.4, -0.2) is 28.0 Å². The van der Waals surface area contributed by atoms with Gasteiger partial charge in [-0.2, -0.15) is 0 Å². The summed E-state index contributed by atoms with van der Waals surface area (Å²) in [6.45, 7) is 5.83. The molecule has 0 radical (unpaired) electrons. The van der Waals surface area contributed by atoms with Gasteiger partial charge >= 0.3 is 5.97 Å². The number of aliphatic carboxylic acids is 1. The van der Waals surface area contributed by atoms with E-state index in [4.69, 9.17) is 4.74 Å². The largest absolute Gasteiger partial charge is 0.479 e. The van der Waals surface area contributed by atoms with Gasteiger partial charge < -0.3 is 15.2 Å². The molecule has 1 aromatic heterocycles. The monoisotopic (exact) mass is 354 g/mol. The van der Waals surface area contributed by atoms with E-state index in [1.807, 2.05) is 39.0 Å². The molecule has 0 aliphatic heterocycles. The first-order valence-electron chi connectivity index (χ1n) is 8.15. The quantitative estimate of drug-likeness (QED) is 0.773. The summed E-state index contributed by atoms with van der Waals surface area (Å²) in [5.41, 5.74) is 0.0255. The second-order valence-electron chi connectivity index (χ2n) is 6.84. The molecule has 2 rings (SSSR count). The molecule has 0 aliphatic carbocycles. The van der Waals surface area contributed by atoms with Gasteiger partial charge in [0.05, 0.1) is 11.8 Å². The Morgan fingerprint density at radius 2 is 1.85 bits per heavy atom. The number of carbonyl (C=O) groups excluding carboxylic acids is 1. The van der Waals surface area contributed by atoms with Crippen LogP contribution in [0.4, 0.5) is 0 Å². The normalized spacial score (nSPS) is 12.6. The summed E-state index contributed by atoms with van der Waals surface area (Å²) in [6, 6.07) is 9.49. The van der Waals surface area contributed by atoms with Crippen LogP contribution in [0, 0.1) is 5.41 Å². The third-order valence-electron chi connectivity index (χ3n) is 3.30. The summed E-state index contributed by atoms with van der Waals surface area (Å²) < 4.78 is 5.64. The molecule has 1 aromatic carbocycles. The van der Waals surface area contributed by atoms with Crippen molar-refractivity contribution < 1.29 is 19.4 Å². The predicted octanol–water partition coefficient (Wildman–Crippen LogP) is 3.66. The third-order valence-corrected chi connectivity index (χ3v) is 3.30. The summed E-state index contributed by atoms with van der Waals surface area (Å²) in [5, 5.41) is 11.8. The van der Waals surface area contributed by atoms with Gasteiger partial charge in [-0.25, -0.2) is 4.79 Å². The molecule has 1 heterocycles. The SMILES string of the molecule is CC(C)(C)/C=C/C(NC(=O)c1cncc(Oc2ccccc2)c1)C(=O)O. The lowest BCUT2D eigenvalue weighted by Gasteiger charge is -2.15. The third kappa shape index (κ3) is 6.05. The van der Waals surface area contributed by atoms with Crippen LogP contribution >= 0.6 is 0 Å². The smallest absolute Gasteiger partial charge is 0.330 e. The number of benzene rings is 1. The predicted molar refractivity (Wildman–Crippen MR) is 98.2 cm³/mol. The molecule has 26 heavy (non-hydrogen) atoms. The Morgan fingerprint density at radius 3 is 2.46 bits per heavy atom. The minimum absolute atomic E-state index is 0.191. The van der Waals surface area contributed by atoms with Crippen molar-refractivity contribution in [2.24, 2.45) is 5.41 Å². The molecular weight excluding hydrogens is 332 g/mol. The first kappa shape index (κ1) is 19.2. The van der Waals surface area contributed by atoms with E-state index in [1.165, 1.54) is 24.5 Å². The molecule has 0 bridgehead atoms. The average Bonchev–Trinajstić information content (AvgIpc) is 2.58. The number of rotatable bonds is 6.